The van der Waals surface area contributed by atoms with Crippen molar-refractivity contribution in [1.82, 2.24) is 0 Å². The summed E-state index contributed by atoms with van der Waals surface area (Å²) < 4.78 is 28.9. The Morgan fingerprint density at radius 2 is 1.81 bits per heavy atom. The number of hydrogen-bond acceptors (Lipinski definition) is 3. The van der Waals surface area contributed by atoms with Crippen molar-refractivity contribution in [2.24, 2.45) is 0 Å². The van der Waals surface area contributed by atoms with E-state index in [1.807, 2.05) is 6.07 Å². The number of halogens is 2. The molecule has 0 bridgehead atoms. The van der Waals surface area contributed by atoms with Gasteiger partial charge in [0.15, 0.2) is 10.9 Å². The summed E-state index contributed by atoms with van der Waals surface area (Å²) in [4.78, 5) is 15.7. The van der Waals surface area contributed by atoms with Crippen LogP contribution in [0.25, 0.3) is 0 Å². The minimum atomic E-state index is -1.13. The van der Waals surface area contributed by atoms with Crippen molar-refractivity contribution in [3.63, 3.8) is 0 Å². The van der Waals surface area contributed by atoms with E-state index < -0.39 is 23.1 Å². The molecule has 2 aromatic rings. The van der Waals surface area contributed by atoms with Crippen molar-refractivity contribution >= 4 is 34.6 Å². The summed E-state index contributed by atoms with van der Waals surface area (Å²) in [6.07, 6.45) is 0. The summed E-state index contributed by atoms with van der Waals surface area (Å²) >= 11 is 5.47. The number of aryl methyl sites for hydroxylation is 1. The number of nitrogens with zero attached hydrogens (tertiary/aromatic N) is 3. The molecule has 7 heteroatoms. The number of carbonyl (C=O) groups is 1. The molecule has 1 fully saturated rings. The molecule has 138 valence electrons. The van der Waals surface area contributed by atoms with Gasteiger partial charge in [-0.2, -0.15) is 5.26 Å². The lowest BCUT2D eigenvalue weighted by atomic mass is 10.0. The van der Waals surface area contributed by atoms with Crippen LogP contribution in [0.1, 0.15) is 30.5 Å². The van der Waals surface area contributed by atoms with Crippen LogP contribution in [-0.2, 0) is 4.79 Å². The topological polar surface area (TPSA) is 47.3 Å². The van der Waals surface area contributed by atoms with Gasteiger partial charge in [0.1, 0.15) is 11.4 Å². The summed E-state index contributed by atoms with van der Waals surface area (Å²) in [5, 5.41) is 9.11. The average Bonchev–Trinajstić information content (AvgIpc) is 2.78. The lowest BCUT2D eigenvalue weighted by molar-refractivity contribution is -0.120. The van der Waals surface area contributed by atoms with Crippen LogP contribution in [0.15, 0.2) is 30.3 Å². The van der Waals surface area contributed by atoms with Gasteiger partial charge in [0.2, 0.25) is 0 Å². The number of benzene rings is 2. The van der Waals surface area contributed by atoms with E-state index >= 15 is 0 Å². The second-order valence-corrected chi connectivity index (χ2v) is 7.30. The molecule has 1 aliphatic heterocycles. The molecule has 0 N–H and O–H groups in total. The first kappa shape index (κ1) is 18.9. The molecule has 0 atom stereocenters. The number of rotatable bonds is 2. The Kier molecular flexibility index (Phi) is 4.48. The zero-order chi connectivity index (χ0) is 20.1. The maximum Gasteiger partial charge on any atom is 0.259 e. The molecule has 1 heterocycles. The molecule has 0 aliphatic carbocycles. The van der Waals surface area contributed by atoms with Gasteiger partial charge >= 0.3 is 0 Å². The van der Waals surface area contributed by atoms with Crippen LogP contribution in [0.5, 0.6) is 0 Å². The summed E-state index contributed by atoms with van der Waals surface area (Å²) in [5.41, 5.74) is 0.0549. The molecule has 4 nitrogen and oxygen atoms in total. The molecule has 27 heavy (non-hydrogen) atoms. The Morgan fingerprint density at radius 3 is 2.41 bits per heavy atom. The van der Waals surface area contributed by atoms with E-state index in [-0.39, 0.29) is 21.9 Å². The quantitative estimate of drug-likeness (QED) is 0.721. The summed E-state index contributed by atoms with van der Waals surface area (Å²) in [7, 11) is 0. The highest BCUT2D eigenvalue weighted by Crippen LogP contribution is 2.38. The molecule has 1 aliphatic rings. The third-order valence-electron chi connectivity index (χ3n) is 4.81. The summed E-state index contributed by atoms with van der Waals surface area (Å²) in [6.45, 7) is 6.40. The number of amides is 1. The van der Waals surface area contributed by atoms with E-state index in [1.54, 1.807) is 32.9 Å². The van der Waals surface area contributed by atoms with E-state index in [9.17, 15) is 13.6 Å². The molecule has 3 rings (SSSR count). The minimum Gasteiger partial charge on any atom is -0.303 e. The van der Waals surface area contributed by atoms with Gasteiger partial charge in [-0.3, -0.25) is 9.69 Å². The van der Waals surface area contributed by atoms with Gasteiger partial charge in [-0.15, -0.1) is 0 Å². The molecule has 1 amide bonds. The number of hydrogen-bond donors (Lipinski definition) is 0. The molecule has 0 aromatic heterocycles. The lowest BCUT2D eigenvalue weighted by Crippen LogP contribution is -2.44. The normalized spacial score (nSPS) is 16.0. The second kappa shape index (κ2) is 6.39. The van der Waals surface area contributed by atoms with Crippen molar-refractivity contribution in [3.8, 4) is 6.07 Å². The first-order valence-electron chi connectivity index (χ1n) is 8.25. The van der Waals surface area contributed by atoms with Gasteiger partial charge < -0.3 is 4.90 Å². The van der Waals surface area contributed by atoms with Crippen LogP contribution < -0.4 is 9.80 Å². The van der Waals surface area contributed by atoms with Gasteiger partial charge in [-0.05, 0) is 69.7 Å². The predicted molar refractivity (Wildman–Crippen MR) is 104 cm³/mol. The number of carbonyl (C=O) groups excluding carboxylic acids is 1. The van der Waals surface area contributed by atoms with Gasteiger partial charge in [0.05, 0.1) is 17.3 Å². The average molecular weight is 385 g/mol. The van der Waals surface area contributed by atoms with Crippen molar-refractivity contribution in [1.29, 1.82) is 5.26 Å². The van der Waals surface area contributed by atoms with Gasteiger partial charge in [-0.25, -0.2) is 8.78 Å². The fraction of sp³-hybridized carbons (Fsp3) is 0.250. The van der Waals surface area contributed by atoms with E-state index in [1.165, 1.54) is 30.0 Å². The Balaban J connectivity index is 2.14. The number of thiocarbonyl (C=S) groups is 1. The highest BCUT2D eigenvalue weighted by molar-refractivity contribution is 7.81. The standard InChI is InChI=1S/C20H17F2N3OS/c1-11-5-7-14(9-15(11)21)25-19(27)24(18(26)20(25,3)4)16-8-6-13(10-23)12(2)17(16)22/h5-9H,1-4H3. The highest BCUT2D eigenvalue weighted by atomic mass is 32.1. The van der Waals surface area contributed by atoms with Crippen LogP contribution in [0, 0.1) is 36.8 Å². The van der Waals surface area contributed by atoms with Crippen molar-refractivity contribution in [2.45, 2.75) is 33.2 Å². The maximum absolute atomic E-state index is 14.9. The number of nitriles is 1. The van der Waals surface area contributed by atoms with Gasteiger partial charge in [0, 0.05) is 11.3 Å². The number of anilines is 2. The smallest absolute Gasteiger partial charge is 0.259 e. The fourth-order valence-corrected chi connectivity index (χ4v) is 3.64. The molecule has 0 spiro atoms. The van der Waals surface area contributed by atoms with Crippen LogP contribution in [0.3, 0.4) is 0 Å². The van der Waals surface area contributed by atoms with Crippen LogP contribution in [0.4, 0.5) is 20.2 Å². The zero-order valence-electron chi connectivity index (χ0n) is 15.3. The van der Waals surface area contributed by atoms with E-state index in [4.69, 9.17) is 17.5 Å². The van der Waals surface area contributed by atoms with Crippen LogP contribution in [0.2, 0.25) is 0 Å². The van der Waals surface area contributed by atoms with Gasteiger partial charge in [0.25, 0.3) is 5.91 Å². The minimum absolute atomic E-state index is 0.0235. The first-order valence-corrected chi connectivity index (χ1v) is 8.66. The van der Waals surface area contributed by atoms with Crippen LogP contribution >= 0.6 is 12.2 Å². The Bertz CT molecular complexity index is 1030. The molecule has 1 saturated heterocycles. The molecule has 0 unspecified atom stereocenters. The highest BCUT2D eigenvalue weighted by Gasteiger charge is 2.51. The maximum atomic E-state index is 14.9. The second-order valence-electron chi connectivity index (χ2n) is 6.93. The van der Waals surface area contributed by atoms with Gasteiger partial charge in [-0.1, -0.05) is 6.07 Å². The van der Waals surface area contributed by atoms with E-state index in [0.717, 1.165) is 4.90 Å². The molecular formula is C20H17F2N3OS. The molecular weight excluding hydrogens is 368 g/mol. The largest absolute Gasteiger partial charge is 0.303 e. The predicted octanol–water partition coefficient (Wildman–Crippen LogP) is 4.37. The Labute approximate surface area is 161 Å². The molecule has 0 saturated carbocycles. The van der Waals surface area contributed by atoms with Crippen molar-refractivity contribution in [3.05, 3.63) is 58.7 Å². The third kappa shape index (κ3) is 2.77. The first-order chi connectivity index (χ1) is 12.6. The van der Waals surface area contributed by atoms with E-state index in [0.29, 0.717) is 11.3 Å². The summed E-state index contributed by atoms with van der Waals surface area (Å²) in [6, 6.07) is 9.30. The molecule has 2 aromatic carbocycles. The van der Waals surface area contributed by atoms with Crippen LogP contribution in [-0.4, -0.2) is 16.6 Å². The fourth-order valence-electron chi connectivity index (χ4n) is 3.13. The summed E-state index contributed by atoms with van der Waals surface area (Å²) in [5.74, 6) is -1.54. The Morgan fingerprint density at radius 1 is 1.15 bits per heavy atom. The van der Waals surface area contributed by atoms with Crippen molar-refractivity contribution in [2.75, 3.05) is 9.80 Å². The SMILES string of the molecule is Cc1ccc(N2C(=S)N(c3ccc(C#N)c(C)c3F)C(=O)C2(C)C)cc1F. The van der Waals surface area contributed by atoms with E-state index in [2.05, 4.69) is 0 Å². The molecule has 0 radical (unpaired) electrons. The Hall–Kier alpha value is -2.85. The zero-order valence-corrected chi connectivity index (χ0v) is 16.1. The third-order valence-corrected chi connectivity index (χ3v) is 5.17. The van der Waals surface area contributed by atoms with Crippen molar-refractivity contribution < 1.29 is 13.6 Å². The lowest BCUT2D eigenvalue weighted by Gasteiger charge is -2.29. The monoisotopic (exact) mass is 385 g/mol.